The van der Waals surface area contributed by atoms with Crippen LogP contribution in [0.25, 0.3) is 0 Å². The van der Waals surface area contributed by atoms with E-state index in [0.717, 1.165) is 114 Å². The number of amides is 1. The number of aromatic nitrogens is 4. The average molecular weight is 1060 g/mol. The van der Waals surface area contributed by atoms with Crippen molar-refractivity contribution >= 4 is 73.5 Å². The topological polar surface area (TPSA) is 195 Å². The van der Waals surface area contributed by atoms with Crippen LogP contribution in [0.4, 0.5) is 50.5 Å². The van der Waals surface area contributed by atoms with Crippen molar-refractivity contribution in [3.8, 4) is 0 Å². The van der Waals surface area contributed by atoms with Crippen LogP contribution in [0.3, 0.4) is 0 Å². The first-order valence-electron chi connectivity index (χ1n) is 25.5. The summed E-state index contributed by atoms with van der Waals surface area (Å²) in [6.45, 7) is 16.2. The van der Waals surface area contributed by atoms with E-state index in [0.29, 0.717) is 64.4 Å². The third-order valence-electron chi connectivity index (χ3n) is 13.2. The minimum Gasteiger partial charge on any atom is -0.378 e. The summed E-state index contributed by atoms with van der Waals surface area (Å²) in [5.41, 5.74) is 3.13. The van der Waals surface area contributed by atoms with Gasteiger partial charge in [-0.2, -0.15) is 4.98 Å². The molecule has 1 amide bonds. The zero-order valence-electron chi connectivity index (χ0n) is 42.3. The third kappa shape index (κ3) is 15.8. The van der Waals surface area contributed by atoms with Crippen LogP contribution < -0.4 is 36.0 Å². The minimum absolute atomic E-state index is 0.0272. The van der Waals surface area contributed by atoms with Crippen molar-refractivity contribution in [1.29, 1.82) is 0 Å². The molecule has 3 aromatic carbocycles. The summed E-state index contributed by atoms with van der Waals surface area (Å²) in [5, 5.41) is 12.5. The van der Waals surface area contributed by atoms with Gasteiger partial charge in [0.05, 0.1) is 68.2 Å². The van der Waals surface area contributed by atoms with Crippen LogP contribution in [0.2, 0.25) is 5.02 Å². The van der Waals surface area contributed by atoms with Crippen molar-refractivity contribution in [2.75, 3.05) is 155 Å². The molecule has 3 saturated heterocycles. The van der Waals surface area contributed by atoms with Crippen LogP contribution in [0.15, 0.2) is 96.3 Å². The lowest BCUT2D eigenvalue weighted by Gasteiger charge is -2.36. The first-order valence-corrected chi connectivity index (χ1v) is 27.4. The highest BCUT2D eigenvalue weighted by Crippen LogP contribution is 2.31. The minimum atomic E-state index is -3.55. The fraction of sp³-hybridized carbons (Fsp3) is 0.481. The molecule has 5 aromatic rings. The first kappa shape index (κ1) is 54.3. The zero-order chi connectivity index (χ0) is 51.7. The van der Waals surface area contributed by atoms with Gasteiger partial charge in [0.15, 0.2) is 15.7 Å². The van der Waals surface area contributed by atoms with Gasteiger partial charge in [0.1, 0.15) is 28.8 Å². The van der Waals surface area contributed by atoms with E-state index in [2.05, 4.69) is 65.7 Å². The van der Waals surface area contributed by atoms with E-state index >= 15 is 0 Å². The summed E-state index contributed by atoms with van der Waals surface area (Å²) in [5.74, 6) is 2.07. The van der Waals surface area contributed by atoms with Gasteiger partial charge in [0.2, 0.25) is 11.9 Å². The standard InChI is InChI=1S/C52H69ClFN13O6S/c1-39(2)74(69,70)47-11-4-3-10-46(47)61-51-45(53)35-56-52(62-51)60-41-12-14-43(15-13-41)65-22-20-64(21-23-65)37-50(68)55-16-27-71-29-31-73-32-30-72-28-26-63-18-24-66(25-19-63)49-34-48(57-38-58-49)59-42-8-6-17-67(36-42)44-9-5-7-40(54)33-44/h3-5,7,9-15,33-35,38-39,42H,6,8,16-32,36-37H2,1-2H3,(H,55,68)(H,57,58,59)(H2,56,60,61,62)/t42-/m1/s1. The van der Waals surface area contributed by atoms with E-state index in [1.54, 1.807) is 56.6 Å². The number of benzene rings is 3. The Balaban J connectivity index is 0.623. The molecule has 74 heavy (non-hydrogen) atoms. The fourth-order valence-corrected chi connectivity index (χ4v) is 10.4. The molecule has 398 valence electrons. The monoisotopic (exact) mass is 1060 g/mol. The van der Waals surface area contributed by atoms with Crippen molar-refractivity contribution in [1.82, 2.24) is 35.1 Å². The molecule has 3 fully saturated rings. The molecular weight excluding hydrogens is 989 g/mol. The smallest absolute Gasteiger partial charge is 0.234 e. The third-order valence-corrected chi connectivity index (χ3v) is 15.7. The summed E-state index contributed by atoms with van der Waals surface area (Å²) in [7, 11) is -3.55. The number of hydrogen-bond donors (Lipinski definition) is 4. The number of para-hydroxylation sites is 1. The van der Waals surface area contributed by atoms with Crippen molar-refractivity contribution in [2.24, 2.45) is 0 Å². The van der Waals surface area contributed by atoms with E-state index in [1.165, 1.54) is 12.3 Å². The predicted octanol–water partition coefficient (Wildman–Crippen LogP) is 5.92. The summed E-state index contributed by atoms with van der Waals surface area (Å²) in [4.78, 5) is 42.1. The summed E-state index contributed by atoms with van der Waals surface area (Å²) < 4.78 is 57.0. The number of sulfone groups is 1. The van der Waals surface area contributed by atoms with Gasteiger partial charge in [-0.25, -0.2) is 27.8 Å². The molecule has 1 atom stereocenters. The number of nitrogens with one attached hydrogen (secondary N) is 4. The van der Waals surface area contributed by atoms with Gasteiger partial charge < -0.3 is 50.2 Å². The summed E-state index contributed by atoms with van der Waals surface area (Å²) >= 11 is 6.42. The molecule has 0 spiro atoms. The van der Waals surface area contributed by atoms with E-state index < -0.39 is 15.1 Å². The number of piperidine rings is 1. The number of carbonyl (C=O) groups excluding carboxylic acids is 1. The Kier molecular flexibility index (Phi) is 19.8. The normalized spacial score (nSPS) is 16.9. The van der Waals surface area contributed by atoms with Crippen LogP contribution in [-0.2, 0) is 28.8 Å². The van der Waals surface area contributed by atoms with Crippen LogP contribution in [0.5, 0.6) is 0 Å². The molecule has 0 aliphatic carbocycles. The molecule has 22 heteroatoms. The first-order chi connectivity index (χ1) is 36.0. The lowest BCUT2D eigenvalue weighted by Crippen LogP contribution is -2.49. The molecule has 0 bridgehead atoms. The average Bonchev–Trinajstić information content (AvgIpc) is 3.41. The van der Waals surface area contributed by atoms with E-state index in [4.69, 9.17) is 25.8 Å². The molecule has 0 saturated carbocycles. The van der Waals surface area contributed by atoms with Crippen LogP contribution >= 0.6 is 11.6 Å². The second-order valence-electron chi connectivity index (χ2n) is 18.7. The second kappa shape index (κ2) is 27.0. The Hall–Kier alpha value is -5.94. The maximum atomic E-state index is 13.8. The number of ether oxygens (including phenoxy) is 3. The highest BCUT2D eigenvalue weighted by molar-refractivity contribution is 7.92. The number of nitrogens with zero attached hydrogens (tertiary/aromatic N) is 9. The van der Waals surface area contributed by atoms with Crippen LogP contribution in [-0.4, -0.2) is 180 Å². The summed E-state index contributed by atoms with van der Waals surface area (Å²) in [6, 6.07) is 23.7. The summed E-state index contributed by atoms with van der Waals surface area (Å²) in [6.07, 6.45) is 5.15. The Morgan fingerprint density at radius 1 is 0.757 bits per heavy atom. The quantitative estimate of drug-likeness (QED) is 0.0503. The number of carbonyl (C=O) groups is 1. The Bertz CT molecular complexity index is 2680. The highest BCUT2D eigenvalue weighted by atomic mass is 35.5. The Labute approximate surface area is 439 Å². The Morgan fingerprint density at radius 3 is 2.23 bits per heavy atom. The molecule has 3 aliphatic heterocycles. The number of piperazine rings is 2. The highest BCUT2D eigenvalue weighted by Gasteiger charge is 2.25. The van der Waals surface area contributed by atoms with Gasteiger partial charge in [-0.3, -0.25) is 14.6 Å². The van der Waals surface area contributed by atoms with Crippen molar-refractivity contribution < 1.29 is 31.8 Å². The van der Waals surface area contributed by atoms with E-state index in [1.807, 2.05) is 36.4 Å². The maximum absolute atomic E-state index is 13.8. The van der Waals surface area contributed by atoms with E-state index in [9.17, 15) is 17.6 Å². The molecule has 5 heterocycles. The largest absolute Gasteiger partial charge is 0.378 e. The van der Waals surface area contributed by atoms with Crippen molar-refractivity contribution in [3.05, 3.63) is 102 Å². The van der Waals surface area contributed by atoms with Gasteiger partial charge in [-0.15, -0.1) is 0 Å². The van der Waals surface area contributed by atoms with Gasteiger partial charge in [0.25, 0.3) is 0 Å². The number of anilines is 8. The Morgan fingerprint density at radius 2 is 1.47 bits per heavy atom. The molecule has 3 aliphatic rings. The fourth-order valence-electron chi connectivity index (χ4n) is 9.03. The molecule has 0 radical (unpaired) electrons. The van der Waals surface area contributed by atoms with Crippen LogP contribution in [0.1, 0.15) is 26.7 Å². The lowest BCUT2D eigenvalue weighted by atomic mass is 10.0. The molecule has 0 unspecified atom stereocenters. The maximum Gasteiger partial charge on any atom is 0.234 e. The molecular formula is C52H69ClFN13O6S. The number of hydrogen-bond acceptors (Lipinski definition) is 18. The van der Waals surface area contributed by atoms with E-state index in [-0.39, 0.29) is 33.5 Å². The van der Waals surface area contributed by atoms with Gasteiger partial charge >= 0.3 is 0 Å². The zero-order valence-corrected chi connectivity index (χ0v) is 43.9. The van der Waals surface area contributed by atoms with Crippen LogP contribution in [0, 0.1) is 5.82 Å². The predicted molar refractivity (Wildman–Crippen MR) is 289 cm³/mol. The van der Waals surface area contributed by atoms with Gasteiger partial charge in [-0.05, 0) is 81.3 Å². The number of halogens is 2. The van der Waals surface area contributed by atoms with Crippen molar-refractivity contribution in [3.63, 3.8) is 0 Å². The van der Waals surface area contributed by atoms with Gasteiger partial charge in [-0.1, -0.05) is 29.8 Å². The lowest BCUT2D eigenvalue weighted by molar-refractivity contribution is -0.122. The second-order valence-corrected chi connectivity index (χ2v) is 21.6. The van der Waals surface area contributed by atoms with Gasteiger partial charge in [0, 0.05) is 108 Å². The molecule has 4 N–H and O–H groups in total. The SMILES string of the molecule is CC(C)S(=O)(=O)c1ccccc1Nc1nc(Nc2ccc(N3CCN(CC(=O)NCCOCCOCCOCCN4CCN(c5cc(N[C@@H]6CCCN(c7cccc(F)c7)C6)ncn5)CC4)CC3)cc2)ncc1Cl. The number of rotatable bonds is 25. The molecule has 2 aromatic heterocycles. The molecule has 8 rings (SSSR count). The van der Waals surface area contributed by atoms with Crippen molar-refractivity contribution in [2.45, 2.75) is 42.9 Å². The molecule has 19 nitrogen and oxygen atoms in total.